The van der Waals surface area contributed by atoms with Gasteiger partial charge in [0.2, 0.25) is 0 Å². The fraction of sp³-hybridized carbons (Fsp3) is 0.857. The highest BCUT2D eigenvalue weighted by atomic mass is 16.5. The molecule has 140 valence electrons. The Morgan fingerprint density at radius 3 is 2.79 bits per heavy atom. The van der Waals surface area contributed by atoms with Crippen molar-refractivity contribution in [3.05, 3.63) is 12.2 Å². The van der Waals surface area contributed by atoms with Gasteiger partial charge in [-0.05, 0) is 63.2 Å². The average molecular weight is 339 g/mol. The van der Waals surface area contributed by atoms with Crippen LogP contribution in [0.25, 0.3) is 0 Å². The molecule has 1 aliphatic carbocycles. The lowest BCUT2D eigenvalue weighted by Crippen LogP contribution is -2.13. The molecule has 0 aromatic heterocycles. The molecule has 24 heavy (non-hydrogen) atoms. The molecule has 0 bridgehead atoms. The van der Waals surface area contributed by atoms with E-state index in [2.05, 4.69) is 23.8 Å². The summed E-state index contributed by atoms with van der Waals surface area (Å²) in [6, 6.07) is 0. The third-order valence-corrected chi connectivity index (χ3v) is 5.34. The minimum absolute atomic E-state index is 0.179. The fourth-order valence-electron chi connectivity index (χ4n) is 3.77. The lowest BCUT2D eigenvalue weighted by Gasteiger charge is -2.18. The summed E-state index contributed by atoms with van der Waals surface area (Å²) in [6.07, 6.45) is 18.9. The second-order valence-corrected chi connectivity index (χ2v) is 7.33. The molecule has 1 saturated carbocycles. The summed E-state index contributed by atoms with van der Waals surface area (Å²) < 4.78 is 4.63. The molecule has 3 atom stereocenters. The molecule has 0 heterocycles. The number of allylic oxidation sites excluding steroid dienone is 2. The molecule has 0 spiro atoms. The van der Waals surface area contributed by atoms with Crippen LogP contribution in [0.5, 0.6) is 0 Å². The van der Waals surface area contributed by atoms with Crippen LogP contribution in [0.1, 0.15) is 90.4 Å². The number of carbonyl (C=O) groups is 1. The van der Waals surface area contributed by atoms with Crippen molar-refractivity contribution in [2.45, 2.75) is 96.5 Å². The number of aliphatic hydroxyl groups excluding tert-OH is 1. The van der Waals surface area contributed by atoms with Crippen LogP contribution < -0.4 is 0 Å². The SMILES string of the molecule is CCCCCCC=C[C@H]1CCC[C@@H]1CCC(O)CCCC(=O)OC. The largest absolute Gasteiger partial charge is 0.469 e. The molecule has 0 aromatic carbocycles. The first-order valence-electron chi connectivity index (χ1n) is 10.1. The first kappa shape index (κ1) is 21.2. The smallest absolute Gasteiger partial charge is 0.305 e. The molecule has 1 fully saturated rings. The second kappa shape index (κ2) is 13.5. The normalized spacial score (nSPS) is 22.1. The van der Waals surface area contributed by atoms with Gasteiger partial charge in [0, 0.05) is 6.42 Å². The molecule has 0 saturated heterocycles. The van der Waals surface area contributed by atoms with Crippen molar-refractivity contribution < 1.29 is 14.6 Å². The van der Waals surface area contributed by atoms with Gasteiger partial charge in [-0.2, -0.15) is 0 Å². The van der Waals surface area contributed by atoms with Crippen molar-refractivity contribution in [1.29, 1.82) is 0 Å². The van der Waals surface area contributed by atoms with E-state index in [1.807, 2.05) is 0 Å². The Labute approximate surface area is 148 Å². The van der Waals surface area contributed by atoms with Crippen LogP contribution in [-0.2, 0) is 9.53 Å². The van der Waals surface area contributed by atoms with Crippen LogP contribution in [-0.4, -0.2) is 24.3 Å². The zero-order chi connectivity index (χ0) is 17.6. The zero-order valence-electron chi connectivity index (χ0n) is 15.8. The van der Waals surface area contributed by atoms with E-state index in [1.165, 1.54) is 58.5 Å². The Kier molecular flexibility index (Phi) is 11.9. The molecule has 3 nitrogen and oxygen atoms in total. The van der Waals surface area contributed by atoms with Crippen molar-refractivity contribution in [1.82, 2.24) is 0 Å². The van der Waals surface area contributed by atoms with Gasteiger partial charge in [0.25, 0.3) is 0 Å². The second-order valence-electron chi connectivity index (χ2n) is 7.33. The molecule has 3 heteroatoms. The summed E-state index contributed by atoms with van der Waals surface area (Å²) in [7, 11) is 1.41. The van der Waals surface area contributed by atoms with Crippen LogP contribution >= 0.6 is 0 Å². The Hall–Kier alpha value is -0.830. The maximum Gasteiger partial charge on any atom is 0.305 e. The number of methoxy groups -OCH3 is 1. The van der Waals surface area contributed by atoms with E-state index in [0.717, 1.165) is 31.1 Å². The summed E-state index contributed by atoms with van der Waals surface area (Å²) >= 11 is 0. The van der Waals surface area contributed by atoms with Gasteiger partial charge in [-0.25, -0.2) is 0 Å². The number of carbonyl (C=O) groups excluding carboxylic acids is 1. The van der Waals surface area contributed by atoms with Crippen molar-refractivity contribution >= 4 is 5.97 Å². The van der Waals surface area contributed by atoms with E-state index < -0.39 is 0 Å². The van der Waals surface area contributed by atoms with E-state index in [0.29, 0.717) is 12.8 Å². The van der Waals surface area contributed by atoms with Gasteiger partial charge in [0.1, 0.15) is 0 Å². The van der Waals surface area contributed by atoms with Gasteiger partial charge in [0.15, 0.2) is 0 Å². The van der Waals surface area contributed by atoms with Gasteiger partial charge in [-0.15, -0.1) is 0 Å². The fourth-order valence-corrected chi connectivity index (χ4v) is 3.77. The number of esters is 1. The van der Waals surface area contributed by atoms with E-state index in [9.17, 15) is 9.90 Å². The van der Waals surface area contributed by atoms with Crippen LogP contribution in [0.4, 0.5) is 0 Å². The maximum absolute atomic E-state index is 11.1. The standard InChI is InChI=1S/C21H38O3/c1-3-4-5-6-7-8-11-18-12-9-13-19(18)16-17-20(22)14-10-15-21(23)24-2/h8,11,18-20,22H,3-7,9-10,12-17H2,1-2H3/t18-,19+,20?/m0/s1. The molecule has 1 rings (SSSR count). The molecule has 0 amide bonds. The highest BCUT2D eigenvalue weighted by molar-refractivity contribution is 5.68. The van der Waals surface area contributed by atoms with Crippen LogP contribution in [0.3, 0.4) is 0 Å². The quantitative estimate of drug-likeness (QED) is 0.277. The number of hydrogen-bond acceptors (Lipinski definition) is 3. The van der Waals surface area contributed by atoms with Crippen LogP contribution in [0.15, 0.2) is 12.2 Å². The Bertz CT molecular complexity index is 351. The number of ether oxygens (including phenoxy) is 1. The molecule has 0 aliphatic heterocycles. The van der Waals surface area contributed by atoms with Gasteiger partial charge in [-0.1, -0.05) is 44.8 Å². The average Bonchev–Trinajstić information content (AvgIpc) is 3.03. The van der Waals surface area contributed by atoms with E-state index in [1.54, 1.807) is 0 Å². The van der Waals surface area contributed by atoms with E-state index in [4.69, 9.17) is 0 Å². The molecule has 1 N–H and O–H groups in total. The minimum atomic E-state index is -0.270. The molecule has 0 radical (unpaired) electrons. The van der Waals surface area contributed by atoms with E-state index >= 15 is 0 Å². The Morgan fingerprint density at radius 1 is 1.21 bits per heavy atom. The summed E-state index contributed by atoms with van der Waals surface area (Å²) in [5.74, 6) is 1.28. The molecule has 1 unspecified atom stereocenters. The topological polar surface area (TPSA) is 46.5 Å². The lowest BCUT2D eigenvalue weighted by atomic mass is 9.89. The molecular formula is C21H38O3. The number of hydrogen-bond donors (Lipinski definition) is 1. The highest BCUT2D eigenvalue weighted by Crippen LogP contribution is 2.36. The number of aliphatic hydroxyl groups is 1. The van der Waals surface area contributed by atoms with Gasteiger partial charge < -0.3 is 9.84 Å². The first-order valence-corrected chi connectivity index (χ1v) is 10.1. The van der Waals surface area contributed by atoms with Gasteiger partial charge in [0.05, 0.1) is 13.2 Å². The summed E-state index contributed by atoms with van der Waals surface area (Å²) in [4.78, 5) is 11.1. The van der Waals surface area contributed by atoms with Gasteiger partial charge >= 0.3 is 5.97 Å². The number of rotatable bonds is 13. The van der Waals surface area contributed by atoms with Crippen molar-refractivity contribution in [3.8, 4) is 0 Å². The predicted octanol–water partition coefficient (Wildman–Crippen LogP) is 5.41. The summed E-state index contributed by atoms with van der Waals surface area (Å²) in [5.41, 5.74) is 0. The van der Waals surface area contributed by atoms with Crippen molar-refractivity contribution in [2.75, 3.05) is 7.11 Å². The van der Waals surface area contributed by atoms with Crippen molar-refractivity contribution in [3.63, 3.8) is 0 Å². The predicted molar refractivity (Wildman–Crippen MR) is 99.8 cm³/mol. The van der Waals surface area contributed by atoms with E-state index in [-0.39, 0.29) is 12.1 Å². The monoisotopic (exact) mass is 338 g/mol. The zero-order valence-corrected chi connectivity index (χ0v) is 15.8. The molecule has 0 aromatic rings. The van der Waals surface area contributed by atoms with Crippen LogP contribution in [0.2, 0.25) is 0 Å². The first-order chi connectivity index (χ1) is 11.7. The number of unbranched alkanes of at least 4 members (excludes halogenated alkanes) is 4. The Morgan fingerprint density at radius 2 is 2.04 bits per heavy atom. The minimum Gasteiger partial charge on any atom is -0.469 e. The summed E-state index contributed by atoms with van der Waals surface area (Å²) in [6.45, 7) is 2.25. The third-order valence-electron chi connectivity index (χ3n) is 5.34. The lowest BCUT2D eigenvalue weighted by molar-refractivity contribution is -0.140. The van der Waals surface area contributed by atoms with Crippen LogP contribution in [0, 0.1) is 11.8 Å². The molecular weight excluding hydrogens is 300 g/mol. The molecule has 1 aliphatic rings. The van der Waals surface area contributed by atoms with Crippen molar-refractivity contribution in [2.24, 2.45) is 11.8 Å². The third kappa shape index (κ3) is 9.46. The maximum atomic E-state index is 11.1. The Balaban J connectivity index is 2.16. The highest BCUT2D eigenvalue weighted by Gasteiger charge is 2.25. The summed E-state index contributed by atoms with van der Waals surface area (Å²) in [5, 5.41) is 10.1. The van der Waals surface area contributed by atoms with Gasteiger partial charge in [-0.3, -0.25) is 4.79 Å².